The number of ether oxygens (including phenoxy) is 1. The highest BCUT2D eigenvalue weighted by Crippen LogP contribution is 2.24. The number of esters is 1. The average Bonchev–Trinajstić information content (AvgIpc) is 2.29. The Morgan fingerprint density at radius 3 is 2.56 bits per heavy atom. The fourth-order valence-electron chi connectivity index (χ4n) is 1.48. The minimum Gasteiger partial charge on any atom is -0.453 e. The molecule has 1 unspecified atom stereocenters. The van der Waals surface area contributed by atoms with Crippen LogP contribution in [0, 0.1) is 10.1 Å². The van der Waals surface area contributed by atoms with Gasteiger partial charge in [-0.25, -0.2) is 0 Å². The molecule has 0 fully saturated rings. The first-order chi connectivity index (χ1) is 7.66. The molecule has 0 bridgehead atoms. The Morgan fingerprint density at radius 1 is 1.31 bits per heavy atom. The van der Waals surface area contributed by atoms with Gasteiger partial charge in [0.15, 0.2) is 0 Å². The van der Waals surface area contributed by atoms with Crippen LogP contribution in [0.1, 0.15) is 18.1 Å². The van der Waals surface area contributed by atoms with Crippen LogP contribution >= 0.6 is 0 Å². The standard InChI is InChI=1S/C11H9NO4/c13-11-3-1-2-10(16-11)8-4-6-9(7-5-8)12(14)15/h1-2,4-7,10H,3H2. The SMILES string of the molecule is O=C1CC=CC(c2ccc([N+](=O)[O-])cc2)O1. The molecule has 0 saturated heterocycles. The number of non-ortho nitro benzene ring substituents is 1. The summed E-state index contributed by atoms with van der Waals surface area (Å²) >= 11 is 0. The van der Waals surface area contributed by atoms with Gasteiger partial charge in [-0.2, -0.15) is 0 Å². The third-order valence-corrected chi connectivity index (χ3v) is 2.29. The van der Waals surface area contributed by atoms with E-state index in [1.54, 1.807) is 24.3 Å². The number of hydrogen-bond donors (Lipinski definition) is 0. The molecule has 1 aliphatic heterocycles. The van der Waals surface area contributed by atoms with Crippen LogP contribution in [0.15, 0.2) is 36.4 Å². The number of nitro groups is 1. The molecule has 16 heavy (non-hydrogen) atoms. The van der Waals surface area contributed by atoms with Crippen LogP contribution in [0.5, 0.6) is 0 Å². The molecule has 0 aliphatic carbocycles. The van der Waals surface area contributed by atoms with Gasteiger partial charge in [0.2, 0.25) is 0 Å². The number of carbonyl (C=O) groups is 1. The third kappa shape index (κ3) is 2.08. The van der Waals surface area contributed by atoms with Crippen molar-refractivity contribution in [1.82, 2.24) is 0 Å². The van der Waals surface area contributed by atoms with Crippen molar-refractivity contribution in [3.8, 4) is 0 Å². The molecule has 5 heteroatoms. The molecule has 0 radical (unpaired) electrons. The number of benzene rings is 1. The summed E-state index contributed by atoms with van der Waals surface area (Å²) in [5, 5.41) is 10.4. The molecular formula is C11H9NO4. The first-order valence-electron chi connectivity index (χ1n) is 4.77. The van der Waals surface area contributed by atoms with Crippen molar-refractivity contribution in [2.45, 2.75) is 12.5 Å². The van der Waals surface area contributed by atoms with Crippen molar-refractivity contribution >= 4 is 11.7 Å². The summed E-state index contributed by atoms with van der Waals surface area (Å²) in [6.07, 6.45) is 3.35. The summed E-state index contributed by atoms with van der Waals surface area (Å²) in [6.45, 7) is 0. The maximum Gasteiger partial charge on any atom is 0.310 e. The smallest absolute Gasteiger partial charge is 0.310 e. The van der Waals surface area contributed by atoms with Crippen LogP contribution in [-0.4, -0.2) is 10.9 Å². The van der Waals surface area contributed by atoms with Gasteiger partial charge in [-0.3, -0.25) is 14.9 Å². The normalized spacial score (nSPS) is 19.2. The zero-order valence-electron chi connectivity index (χ0n) is 8.33. The van der Waals surface area contributed by atoms with Crippen LogP contribution in [0.4, 0.5) is 5.69 Å². The summed E-state index contributed by atoms with van der Waals surface area (Å²) < 4.78 is 5.08. The zero-order valence-corrected chi connectivity index (χ0v) is 8.33. The van der Waals surface area contributed by atoms with Crippen LogP contribution in [0.25, 0.3) is 0 Å². The second kappa shape index (κ2) is 4.14. The van der Waals surface area contributed by atoms with Crippen LogP contribution in [-0.2, 0) is 9.53 Å². The van der Waals surface area contributed by atoms with E-state index in [1.165, 1.54) is 12.1 Å². The van der Waals surface area contributed by atoms with E-state index in [9.17, 15) is 14.9 Å². The lowest BCUT2D eigenvalue weighted by molar-refractivity contribution is -0.384. The molecule has 1 heterocycles. The number of hydrogen-bond acceptors (Lipinski definition) is 4. The van der Waals surface area contributed by atoms with E-state index in [2.05, 4.69) is 0 Å². The van der Waals surface area contributed by atoms with E-state index in [4.69, 9.17) is 4.74 Å². The number of nitro benzene ring substituents is 1. The van der Waals surface area contributed by atoms with Crippen molar-refractivity contribution in [2.24, 2.45) is 0 Å². The molecule has 0 aromatic heterocycles. The van der Waals surface area contributed by atoms with Gasteiger partial charge in [0, 0.05) is 12.1 Å². The highest BCUT2D eigenvalue weighted by molar-refractivity contribution is 5.72. The molecule has 2 rings (SSSR count). The zero-order chi connectivity index (χ0) is 11.5. The lowest BCUT2D eigenvalue weighted by atomic mass is 10.1. The van der Waals surface area contributed by atoms with Gasteiger partial charge in [-0.1, -0.05) is 6.08 Å². The molecule has 0 spiro atoms. The van der Waals surface area contributed by atoms with Gasteiger partial charge in [-0.15, -0.1) is 0 Å². The van der Waals surface area contributed by atoms with E-state index in [-0.39, 0.29) is 18.1 Å². The van der Waals surface area contributed by atoms with Crippen LogP contribution in [0.3, 0.4) is 0 Å². The lowest BCUT2D eigenvalue weighted by Gasteiger charge is -2.17. The second-order valence-corrected chi connectivity index (χ2v) is 3.39. The summed E-state index contributed by atoms with van der Waals surface area (Å²) in [7, 11) is 0. The Morgan fingerprint density at radius 2 is 2.00 bits per heavy atom. The fraction of sp³-hybridized carbons (Fsp3) is 0.182. The highest BCUT2D eigenvalue weighted by atomic mass is 16.6. The second-order valence-electron chi connectivity index (χ2n) is 3.39. The van der Waals surface area contributed by atoms with Crippen molar-refractivity contribution in [2.75, 3.05) is 0 Å². The van der Waals surface area contributed by atoms with E-state index in [0.29, 0.717) is 0 Å². The Labute approximate surface area is 91.5 Å². The van der Waals surface area contributed by atoms with Crippen LogP contribution < -0.4 is 0 Å². The number of cyclic esters (lactones) is 1. The summed E-state index contributed by atoms with van der Waals surface area (Å²) in [5.74, 6) is -0.286. The average molecular weight is 219 g/mol. The molecule has 0 saturated carbocycles. The summed E-state index contributed by atoms with van der Waals surface area (Å²) in [5.41, 5.74) is 0.754. The molecule has 0 amide bonds. The predicted molar refractivity (Wildman–Crippen MR) is 55.7 cm³/mol. The number of rotatable bonds is 2. The van der Waals surface area contributed by atoms with Gasteiger partial charge < -0.3 is 4.74 Å². The Bertz CT molecular complexity index is 450. The van der Waals surface area contributed by atoms with E-state index < -0.39 is 11.0 Å². The van der Waals surface area contributed by atoms with Crippen molar-refractivity contribution in [3.63, 3.8) is 0 Å². The molecule has 1 aliphatic rings. The minimum absolute atomic E-state index is 0.0230. The maximum absolute atomic E-state index is 11.0. The van der Waals surface area contributed by atoms with E-state index >= 15 is 0 Å². The van der Waals surface area contributed by atoms with Crippen molar-refractivity contribution < 1.29 is 14.5 Å². The Kier molecular flexibility index (Phi) is 2.68. The van der Waals surface area contributed by atoms with Gasteiger partial charge >= 0.3 is 5.97 Å². The number of carbonyl (C=O) groups excluding carboxylic acids is 1. The molecule has 1 atom stereocenters. The summed E-state index contributed by atoms with van der Waals surface area (Å²) in [6, 6.07) is 5.97. The van der Waals surface area contributed by atoms with E-state index in [0.717, 1.165) is 5.56 Å². The third-order valence-electron chi connectivity index (χ3n) is 2.29. The molecular weight excluding hydrogens is 210 g/mol. The monoisotopic (exact) mass is 219 g/mol. The predicted octanol–water partition coefficient (Wildman–Crippen LogP) is 2.14. The van der Waals surface area contributed by atoms with Gasteiger partial charge in [0.25, 0.3) is 5.69 Å². The molecule has 1 aromatic carbocycles. The molecule has 82 valence electrons. The van der Waals surface area contributed by atoms with Gasteiger partial charge in [0.05, 0.1) is 11.3 Å². The summed E-state index contributed by atoms with van der Waals surface area (Å²) in [4.78, 5) is 21.0. The lowest BCUT2D eigenvalue weighted by Crippen LogP contribution is -2.12. The van der Waals surface area contributed by atoms with E-state index in [1.807, 2.05) is 0 Å². The quantitative estimate of drug-likeness (QED) is 0.330. The first-order valence-corrected chi connectivity index (χ1v) is 4.77. The number of nitrogens with zero attached hydrogens (tertiary/aromatic N) is 1. The van der Waals surface area contributed by atoms with Crippen molar-refractivity contribution in [1.29, 1.82) is 0 Å². The topological polar surface area (TPSA) is 69.4 Å². The van der Waals surface area contributed by atoms with Crippen LogP contribution in [0.2, 0.25) is 0 Å². The molecule has 0 N–H and O–H groups in total. The fourth-order valence-corrected chi connectivity index (χ4v) is 1.48. The largest absolute Gasteiger partial charge is 0.453 e. The Hall–Kier alpha value is -2.17. The first kappa shape index (κ1) is 10.4. The Balaban J connectivity index is 2.21. The highest BCUT2D eigenvalue weighted by Gasteiger charge is 2.17. The molecule has 5 nitrogen and oxygen atoms in total. The van der Waals surface area contributed by atoms with Gasteiger partial charge in [-0.05, 0) is 23.8 Å². The molecule has 1 aromatic rings. The van der Waals surface area contributed by atoms with Crippen molar-refractivity contribution in [3.05, 3.63) is 52.1 Å². The van der Waals surface area contributed by atoms with Gasteiger partial charge in [0.1, 0.15) is 6.10 Å². The maximum atomic E-state index is 11.0. The minimum atomic E-state index is -0.466.